The fraction of sp³-hybridized carbons (Fsp3) is 0.438. The maximum atomic E-state index is 12.4. The molecule has 7 nitrogen and oxygen atoms in total. The first kappa shape index (κ1) is 16.3. The van der Waals surface area contributed by atoms with Crippen LogP contribution in [0.15, 0.2) is 23.7 Å². The molecule has 0 aromatic carbocycles. The Balaban J connectivity index is 1.66. The number of nitrogens with zero attached hydrogens (tertiary/aromatic N) is 4. The van der Waals surface area contributed by atoms with Gasteiger partial charge in [-0.05, 0) is 24.3 Å². The zero-order valence-corrected chi connectivity index (χ0v) is 13.8. The van der Waals surface area contributed by atoms with E-state index in [2.05, 4.69) is 15.6 Å². The molecule has 24 heavy (non-hydrogen) atoms. The van der Waals surface area contributed by atoms with Gasteiger partial charge in [-0.1, -0.05) is 24.1 Å². The molecule has 1 aliphatic carbocycles. The van der Waals surface area contributed by atoms with Crippen molar-refractivity contribution in [2.75, 3.05) is 0 Å². The van der Waals surface area contributed by atoms with Crippen LogP contribution >= 0.6 is 11.3 Å². The van der Waals surface area contributed by atoms with Crippen molar-refractivity contribution in [2.24, 2.45) is 5.92 Å². The molecule has 2 heterocycles. The molecule has 0 bridgehead atoms. The average Bonchev–Trinajstić information content (AvgIpc) is 3.30. The van der Waals surface area contributed by atoms with Crippen molar-refractivity contribution in [2.45, 2.75) is 38.3 Å². The lowest BCUT2D eigenvalue weighted by molar-refractivity contribution is -0.122. The molecule has 1 fully saturated rings. The highest BCUT2D eigenvalue weighted by molar-refractivity contribution is 7.09. The van der Waals surface area contributed by atoms with E-state index in [4.69, 9.17) is 0 Å². The summed E-state index contributed by atoms with van der Waals surface area (Å²) in [6.45, 7) is 0.503. The van der Waals surface area contributed by atoms with Crippen LogP contribution in [0.4, 0.5) is 0 Å². The van der Waals surface area contributed by atoms with Crippen LogP contribution in [0.3, 0.4) is 0 Å². The van der Waals surface area contributed by atoms with Gasteiger partial charge in [0.05, 0.1) is 18.8 Å². The van der Waals surface area contributed by atoms with E-state index in [0.29, 0.717) is 6.54 Å². The van der Waals surface area contributed by atoms with Gasteiger partial charge in [-0.3, -0.25) is 9.59 Å². The van der Waals surface area contributed by atoms with Crippen LogP contribution in [-0.2, 0) is 11.3 Å². The van der Waals surface area contributed by atoms with Crippen molar-refractivity contribution >= 4 is 23.0 Å². The highest BCUT2D eigenvalue weighted by atomic mass is 32.1. The maximum absolute atomic E-state index is 12.4. The zero-order valence-electron chi connectivity index (χ0n) is 13.0. The summed E-state index contributed by atoms with van der Waals surface area (Å²) in [6.07, 6.45) is 5.40. The fourth-order valence-electron chi connectivity index (χ4n) is 2.79. The Bertz CT molecular complexity index is 756. The minimum absolute atomic E-state index is 0.0414. The van der Waals surface area contributed by atoms with Gasteiger partial charge in [-0.15, -0.1) is 16.4 Å². The Hall–Kier alpha value is -2.53. The Kier molecular flexibility index (Phi) is 5.01. The Labute approximate surface area is 143 Å². The average molecular weight is 343 g/mol. The maximum Gasteiger partial charge on any atom is 0.245 e. The molecule has 1 N–H and O–H groups in total. The van der Waals surface area contributed by atoms with Crippen LogP contribution in [0.2, 0.25) is 0 Å². The van der Waals surface area contributed by atoms with Gasteiger partial charge < -0.3 is 5.32 Å². The van der Waals surface area contributed by atoms with Gasteiger partial charge in [-0.25, -0.2) is 4.68 Å². The third kappa shape index (κ3) is 3.68. The highest BCUT2D eigenvalue weighted by Crippen LogP contribution is 2.18. The summed E-state index contributed by atoms with van der Waals surface area (Å²) >= 11 is 1.58. The molecule has 1 amide bonds. The third-order valence-corrected chi connectivity index (χ3v) is 4.91. The van der Waals surface area contributed by atoms with E-state index in [1.807, 2.05) is 17.5 Å². The van der Waals surface area contributed by atoms with E-state index in [9.17, 15) is 14.9 Å². The van der Waals surface area contributed by atoms with Crippen LogP contribution in [0.5, 0.6) is 0 Å². The summed E-state index contributed by atoms with van der Waals surface area (Å²) < 4.78 is 1.53. The minimum Gasteiger partial charge on any atom is -0.352 e. The first-order chi connectivity index (χ1) is 11.7. The highest BCUT2D eigenvalue weighted by Gasteiger charge is 2.31. The fourth-order valence-corrected chi connectivity index (χ4v) is 3.49. The predicted molar refractivity (Wildman–Crippen MR) is 87.3 cm³/mol. The molecule has 2 aromatic rings. The standard InChI is InChI=1S/C16H17N5O2S/c17-8-13(16(23)18-11-4-1-2-5-11)15(22)14-10-21(20-19-14)9-12-6-3-7-24-12/h3,6-7,10-11,13H,1-2,4-5,9H2,(H,18,23)/t13-/m1/s1. The topological polar surface area (TPSA) is 101 Å². The molecular formula is C16H17N5O2S. The summed E-state index contributed by atoms with van der Waals surface area (Å²) in [5.74, 6) is -2.52. The van der Waals surface area contributed by atoms with E-state index in [-0.39, 0.29) is 11.7 Å². The summed E-state index contributed by atoms with van der Waals surface area (Å²) in [5.41, 5.74) is 0.0414. The van der Waals surface area contributed by atoms with E-state index in [0.717, 1.165) is 30.6 Å². The number of amides is 1. The first-order valence-electron chi connectivity index (χ1n) is 7.84. The van der Waals surface area contributed by atoms with E-state index in [1.54, 1.807) is 17.4 Å². The van der Waals surface area contributed by atoms with Crippen LogP contribution in [-0.4, -0.2) is 32.7 Å². The van der Waals surface area contributed by atoms with Gasteiger partial charge in [-0.2, -0.15) is 5.26 Å². The van der Waals surface area contributed by atoms with Crippen molar-refractivity contribution < 1.29 is 9.59 Å². The number of Topliss-reactive ketones (excluding diaryl/α,β-unsaturated/α-hetero) is 1. The Morgan fingerprint density at radius 3 is 2.92 bits per heavy atom. The number of ketones is 1. The molecule has 124 valence electrons. The second-order valence-electron chi connectivity index (χ2n) is 5.80. The van der Waals surface area contributed by atoms with E-state index < -0.39 is 17.6 Å². The number of aromatic nitrogens is 3. The smallest absolute Gasteiger partial charge is 0.245 e. The predicted octanol–water partition coefficient (Wildman–Crippen LogP) is 1.77. The summed E-state index contributed by atoms with van der Waals surface area (Å²) in [7, 11) is 0. The summed E-state index contributed by atoms with van der Waals surface area (Å²) in [6, 6.07) is 5.75. The molecule has 2 aromatic heterocycles. The van der Waals surface area contributed by atoms with Crippen molar-refractivity contribution in [3.8, 4) is 6.07 Å². The molecule has 1 saturated carbocycles. The summed E-state index contributed by atoms with van der Waals surface area (Å²) in [5, 5.41) is 21.7. The molecule has 0 spiro atoms. The van der Waals surface area contributed by atoms with Crippen LogP contribution in [0, 0.1) is 17.2 Å². The van der Waals surface area contributed by atoms with Crippen molar-refractivity contribution in [3.63, 3.8) is 0 Å². The third-order valence-electron chi connectivity index (χ3n) is 4.04. The number of hydrogen-bond donors (Lipinski definition) is 1. The first-order valence-corrected chi connectivity index (χ1v) is 8.72. The van der Waals surface area contributed by atoms with Gasteiger partial charge in [0.2, 0.25) is 11.7 Å². The Morgan fingerprint density at radius 1 is 1.46 bits per heavy atom. The van der Waals surface area contributed by atoms with Crippen LogP contribution < -0.4 is 5.32 Å². The lowest BCUT2D eigenvalue weighted by Crippen LogP contribution is -2.40. The molecule has 3 rings (SSSR count). The van der Waals surface area contributed by atoms with Gasteiger partial charge in [0.15, 0.2) is 11.6 Å². The molecule has 8 heteroatoms. The molecule has 1 atom stereocenters. The number of nitriles is 1. The molecule has 0 saturated heterocycles. The van der Waals surface area contributed by atoms with Crippen molar-refractivity contribution in [1.82, 2.24) is 20.3 Å². The quantitative estimate of drug-likeness (QED) is 0.636. The lowest BCUT2D eigenvalue weighted by atomic mass is 10.0. The van der Waals surface area contributed by atoms with Crippen molar-refractivity contribution in [1.29, 1.82) is 5.26 Å². The normalized spacial score (nSPS) is 15.8. The summed E-state index contributed by atoms with van der Waals surface area (Å²) in [4.78, 5) is 25.7. The molecular weight excluding hydrogens is 326 g/mol. The largest absolute Gasteiger partial charge is 0.352 e. The lowest BCUT2D eigenvalue weighted by Gasteiger charge is -2.13. The van der Waals surface area contributed by atoms with Crippen LogP contribution in [0.25, 0.3) is 0 Å². The number of carbonyl (C=O) groups excluding carboxylic acids is 2. The SMILES string of the molecule is N#C[C@@H](C(=O)NC1CCCC1)C(=O)c1cn(Cc2cccs2)nn1. The Morgan fingerprint density at radius 2 is 2.25 bits per heavy atom. The second kappa shape index (κ2) is 7.36. The van der Waals surface area contributed by atoms with E-state index in [1.165, 1.54) is 10.9 Å². The minimum atomic E-state index is -1.38. The second-order valence-corrected chi connectivity index (χ2v) is 6.83. The number of thiophene rings is 1. The molecule has 0 radical (unpaired) electrons. The van der Waals surface area contributed by atoms with Crippen molar-refractivity contribution in [3.05, 3.63) is 34.3 Å². The van der Waals surface area contributed by atoms with Gasteiger partial charge in [0.25, 0.3) is 0 Å². The number of nitrogens with one attached hydrogen (secondary N) is 1. The number of hydrogen-bond acceptors (Lipinski definition) is 6. The van der Waals surface area contributed by atoms with Gasteiger partial charge in [0.1, 0.15) is 0 Å². The molecule has 0 unspecified atom stereocenters. The van der Waals surface area contributed by atoms with Gasteiger partial charge >= 0.3 is 0 Å². The van der Waals surface area contributed by atoms with Gasteiger partial charge in [0, 0.05) is 10.9 Å². The van der Waals surface area contributed by atoms with Crippen LogP contribution in [0.1, 0.15) is 41.0 Å². The molecule has 0 aliphatic heterocycles. The number of rotatable bonds is 6. The zero-order chi connectivity index (χ0) is 16.9. The molecule has 1 aliphatic rings. The number of carbonyl (C=O) groups is 2. The van der Waals surface area contributed by atoms with E-state index >= 15 is 0 Å². The monoisotopic (exact) mass is 343 g/mol.